The summed E-state index contributed by atoms with van der Waals surface area (Å²) >= 11 is 0. The first-order valence-electron chi connectivity index (χ1n) is 7.36. The van der Waals surface area contributed by atoms with Gasteiger partial charge in [0.05, 0.1) is 20.3 Å². The molecule has 0 spiro atoms. The average Bonchev–Trinajstić information content (AvgIpc) is 2.92. The summed E-state index contributed by atoms with van der Waals surface area (Å²) in [6, 6.07) is 6.09. The van der Waals surface area contributed by atoms with Crippen molar-refractivity contribution in [2.24, 2.45) is 5.73 Å². The second kappa shape index (κ2) is 7.11. The maximum Gasteiger partial charge on any atom is 0.127 e. The van der Waals surface area contributed by atoms with E-state index in [0.29, 0.717) is 6.04 Å². The predicted octanol–water partition coefficient (Wildman–Crippen LogP) is 1.81. The number of benzene rings is 1. The molecule has 118 valence electrons. The Balaban J connectivity index is 2.07. The minimum Gasteiger partial charge on any atom is -0.497 e. The molecule has 2 N–H and O–H groups in total. The van der Waals surface area contributed by atoms with Gasteiger partial charge >= 0.3 is 0 Å². The number of ether oxygens (including phenoxy) is 3. The van der Waals surface area contributed by atoms with Gasteiger partial charge in [-0.3, -0.25) is 4.90 Å². The molecule has 0 amide bonds. The van der Waals surface area contributed by atoms with E-state index in [1.54, 1.807) is 14.2 Å². The van der Waals surface area contributed by atoms with Gasteiger partial charge in [-0.1, -0.05) is 6.07 Å². The van der Waals surface area contributed by atoms with Crippen LogP contribution in [0.4, 0.5) is 0 Å². The van der Waals surface area contributed by atoms with E-state index in [4.69, 9.17) is 19.9 Å². The first kappa shape index (κ1) is 16.1. The Hall–Kier alpha value is -1.30. The molecule has 0 aliphatic carbocycles. The van der Waals surface area contributed by atoms with Crippen molar-refractivity contribution in [1.82, 2.24) is 4.90 Å². The molecule has 0 bridgehead atoms. The molecule has 0 aromatic heterocycles. The SMILES string of the molecule is COc1ccc(C(N)CN(C)C2CCOC2C)c(OC)c1. The molecule has 3 unspecified atom stereocenters. The lowest BCUT2D eigenvalue weighted by molar-refractivity contribution is 0.0817. The molecule has 1 aliphatic heterocycles. The predicted molar refractivity (Wildman–Crippen MR) is 82.9 cm³/mol. The van der Waals surface area contributed by atoms with E-state index in [-0.39, 0.29) is 12.1 Å². The van der Waals surface area contributed by atoms with Crippen LogP contribution in [0.2, 0.25) is 0 Å². The summed E-state index contributed by atoms with van der Waals surface area (Å²) in [6.45, 7) is 3.71. The molecule has 21 heavy (non-hydrogen) atoms. The van der Waals surface area contributed by atoms with Gasteiger partial charge in [0.2, 0.25) is 0 Å². The largest absolute Gasteiger partial charge is 0.497 e. The van der Waals surface area contributed by atoms with Gasteiger partial charge in [-0.05, 0) is 26.5 Å². The third kappa shape index (κ3) is 3.67. The number of nitrogens with two attached hydrogens (primary N) is 1. The van der Waals surface area contributed by atoms with Gasteiger partial charge in [0.1, 0.15) is 11.5 Å². The van der Waals surface area contributed by atoms with Gasteiger partial charge < -0.3 is 19.9 Å². The van der Waals surface area contributed by atoms with Crippen LogP contribution in [0.3, 0.4) is 0 Å². The molecule has 3 atom stereocenters. The van der Waals surface area contributed by atoms with E-state index in [0.717, 1.165) is 36.6 Å². The minimum atomic E-state index is -0.108. The Kier molecular flexibility index (Phi) is 5.45. The summed E-state index contributed by atoms with van der Waals surface area (Å²) in [5.41, 5.74) is 7.37. The highest BCUT2D eigenvalue weighted by atomic mass is 16.5. The Bertz CT molecular complexity index is 467. The maximum atomic E-state index is 6.37. The summed E-state index contributed by atoms with van der Waals surface area (Å²) in [6.07, 6.45) is 1.32. The van der Waals surface area contributed by atoms with Crippen LogP contribution in [0.1, 0.15) is 24.9 Å². The topological polar surface area (TPSA) is 57.0 Å². The summed E-state index contributed by atoms with van der Waals surface area (Å²) < 4.78 is 16.3. The van der Waals surface area contributed by atoms with Gasteiger partial charge in [-0.25, -0.2) is 0 Å². The van der Waals surface area contributed by atoms with Crippen LogP contribution in [-0.4, -0.2) is 51.5 Å². The van der Waals surface area contributed by atoms with Crippen molar-refractivity contribution in [2.45, 2.75) is 31.5 Å². The van der Waals surface area contributed by atoms with Crippen molar-refractivity contribution in [2.75, 3.05) is 34.4 Å². The summed E-state index contributed by atoms with van der Waals surface area (Å²) in [4.78, 5) is 2.28. The fourth-order valence-electron chi connectivity index (χ4n) is 2.97. The Morgan fingerprint density at radius 1 is 1.38 bits per heavy atom. The third-order valence-corrected chi connectivity index (χ3v) is 4.23. The Labute approximate surface area is 127 Å². The van der Waals surface area contributed by atoms with Gasteiger partial charge in [0.25, 0.3) is 0 Å². The lowest BCUT2D eigenvalue weighted by atomic mass is 10.0. The monoisotopic (exact) mass is 294 g/mol. The van der Waals surface area contributed by atoms with Crippen LogP contribution >= 0.6 is 0 Å². The van der Waals surface area contributed by atoms with E-state index in [1.165, 1.54) is 0 Å². The minimum absolute atomic E-state index is 0.108. The zero-order valence-corrected chi connectivity index (χ0v) is 13.3. The second-order valence-electron chi connectivity index (χ2n) is 5.59. The molecule has 1 aliphatic rings. The zero-order chi connectivity index (χ0) is 15.4. The fraction of sp³-hybridized carbons (Fsp3) is 0.625. The van der Waals surface area contributed by atoms with Crippen LogP contribution < -0.4 is 15.2 Å². The lowest BCUT2D eigenvalue weighted by Gasteiger charge is -2.29. The average molecular weight is 294 g/mol. The van der Waals surface area contributed by atoms with Crippen molar-refractivity contribution in [3.8, 4) is 11.5 Å². The summed E-state index contributed by atoms with van der Waals surface area (Å²) in [5, 5.41) is 0. The number of rotatable bonds is 6. The number of hydrogen-bond acceptors (Lipinski definition) is 5. The van der Waals surface area contributed by atoms with Crippen molar-refractivity contribution in [3.05, 3.63) is 23.8 Å². The molecule has 1 fully saturated rings. The molecule has 1 aromatic carbocycles. The highest BCUT2D eigenvalue weighted by Gasteiger charge is 2.29. The van der Waals surface area contributed by atoms with Gasteiger partial charge in [-0.15, -0.1) is 0 Å². The standard InChI is InChI=1S/C16H26N2O3/c1-11-15(7-8-21-11)18(2)10-14(17)13-6-5-12(19-3)9-16(13)20-4/h5-6,9,11,14-15H,7-8,10,17H2,1-4H3. The molecule has 0 saturated carbocycles. The van der Waals surface area contributed by atoms with Crippen LogP contribution in [-0.2, 0) is 4.74 Å². The fourth-order valence-corrected chi connectivity index (χ4v) is 2.97. The molecule has 2 rings (SSSR count). The molecular weight excluding hydrogens is 268 g/mol. The van der Waals surface area contributed by atoms with Crippen molar-refractivity contribution >= 4 is 0 Å². The van der Waals surface area contributed by atoms with Crippen LogP contribution in [0.5, 0.6) is 11.5 Å². The van der Waals surface area contributed by atoms with Crippen LogP contribution in [0.15, 0.2) is 18.2 Å². The third-order valence-electron chi connectivity index (χ3n) is 4.23. The van der Waals surface area contributed by atoms with Crippen molar-refractivity contribution < 1.29 is 14.2 Å². The van der Waals surface area contributed by atoms with Crippen molar-refractivity contribution in [1.29, 1.82) is 0 Å². The highest BCUT2D eigenvalue weighted by molar-refractivity contribution is 5.42. The second-order valence-corrected chi connectivity index (χ2v) is 5.59. The quantitative estimate of drug-likeness (QED) is 0.867. The van der Waals surface area contributed by atoms with E-state index in [9.17, 15) is 0 Å². The van der Waals surface area contributed by atoms with Gasteiger partial charge in [0, 0.05) is 36.9 Å². The molecule has 1 aromatic rings. The normalized spacial score (nSPS) is 23.3. The lowest BCUT2D eigenvalue weighted by Crippen LogP contribution is -2.40. The van der Waals surface area contributed by atoms with E-state index < -0.39 is 0 Å². The van der Waals surface area contributed by atoms with Gasteiger partial charge in [-0.2, -0.15) is 0 Å². The van der Waals surface area contributed by atoms with E-state index >= 15 is 0 Å². The highest BCUT2D eigenvalue weighted by Crippen LogP contribution is 2.29. The first-order chi connectivity index (χ1) is 10.1. The molecule has 0 radical (unpaired) electrons. The number of methoxy groups -OCH3 is 2. The molecule has 5 nitrogen and oxygen atoms in total. The number of likely N-dealkylation sites (N-methyl/N-ethyl adjacent to an activating group) is 1. The summed E-state index contributed by atoms with van der Waals surface area (Å²) in [5.74, 6) is 1.54. The molecule has 1 saturated heterocycles. The molecular formula is C16H26N2O3. The number of hydrogen-bond donors (Lipinski definition) is 1. The van der Waals surface area contributed by atoms with Gasteiger partial charge in [0.15, 0.2) is 0 Å². The maximum absolute atomic E-state index is 6.37. The van der Waals surface area contributed by atoms with Crippen molar-refractivity contribution in [3.63, 3.8) is 0 Å². The smallest absolute Gasteiger partial charge is 0.127 e. The molecule has 1 heterocycles. The Morgan fingerprint density at radius 2 is 2.14 bits per heavy atom. The zero-order valence-electron chi connectivity index (χ0n) is 13.3. The van der Waals surface area contributed by atoms with E-state index in [1.807, 2.05) is 18.2 Å². The van der Waals surface area contributed by atoms with Crippen LogP contribution in [0, 0.1) is 0 Å². The molecule has 5 heteroatoms. The van der Waals surface area contributed by atoms with E-state index in [2.05, 4.69) is 18.9 Å². The number of nitrogens with zero attached hydrogens (tertiary/aromatic N) is 1. The first-order valence-corrected chi connectivity index (χ1v) is 7.36. The summed E-state index contributed by atoms with van der Waals surface area (Å²) in [7, 11) is 5.40. The Morgan fingerprint density at radius 3 is 2.71 bits per heavy atom. The van der Waals surface area contributed by atoms with Crippen LogP contribution in [0.25, 0.3) is 0 Å².